The van der Waals surface area contributed by atoms with Crippen LogP contribution in [0.4, 0.5) is 4.39 Å². The number of ether oxygens (including phenoxy) is 2. The van der Waals surface area contributed by atoms with Crippen LogP contribution in [0.25, 0.3) is 0 Å². The lowest BCUT2D eigenvalue weighted by Gasteiger charge is -2.17. The normalized spacial score (nSPS) is 32.1. The van der Waals surface area contributed by atoms with Gasteiger partial charge in [-0.3, -0.25) is 4.79 Å². The molecule has 1 aromatic carbocycles. The Balaban J connectivity index is 1.70. The molecule has 0 bridgehead atoms. The highest BCUT2D eigenvalue weighted by Gasteiger charge is 2.47. The van der Waals surface area contributed by atoms with E-state index < -0.39 is 23.9 Å². The molecule has 0 aromatic heterocycles. The van der Waals surface area contributed by atoms with Crippen LogP contribution >= 0.6 is 11.6 Å². The van der Waals surface area contributed by atoms with E-state index >= 15 is 0 Å². The van der Waals surface area contributed by atoms with Crippen LogP contribution in [0.5, 0.6) is 0 Å². The highest BCUT2D eigenvalue weighted by atomic mass is 35.5. The largest absolute Gasteiger partial charge is 0.388 e. The number of hydrogen-bond donors (Lipinski definition) is 2. The third-order valence-electron chi connectivity index (χ3n) is 3.47. The molecule has 20 heavy (non-hydrogen) atoms. The third kappa shape index (κ3) is 2.52. The SMILES string of the molecule is O=C(N[C@@H]1CO[C@H]2[C@@H]1OC[C@H]2O)c1cc(F)cc(Cl)c1. The van der Waals surface area contributed by atoms with Crippen molar-refractivity contribution >= 4 is 17.5 Å². The summed E-state index contributed by atoms with van der Waals surface area (Å²) in [7, 11) is 0. The van der Waals surface area contributed by atoms with Crippen molar-refractivity contribution in [1.29, 1.82) is 0 Å². The van der Waals surface area contributed by atoms with Gasteiger partial charge in [0, 0.05) is 10.6 Å². The first-order valence-electron chi connectivity index (χ1n) is 6.23. The van der Waals surface area contributed by atoms with Crippen LogP contribution in [0.15, 0.2) is 18.2 Å². The molecule has 0 unspecified atom stereocenters. The molecular formula is C13H13ClFNO4. The van der Waals surface area contributed by atoms with Crippen LogP contribution in [0.2, 0.25) is 5.02 Å². The molecule has 2 aliphatic heterocycles. The zero-order valence-corrected chi connectivity index (χ0v) is 11.1. The van der Waals surface area contributed by atoms with E-state index in [2.05, 4.69) is 5.32 Å². The van der Waals surface area contributed by atoms with Gasteiger partial charge in [-0.15, -0.1) is 0 Å². The molecule has 2 fully saturated rings. The molecule has 2 aliphatic rings. The van der Waals surface area contributed by atoms with E-state index in [0.717, 1.165) is 12.1 Å². The first kappa shape index (κ1) is 13.8. The first-order chi connectivity index (χ1) is 9.54. The van der Waals surface area contributed by atoms with Gasteiger partial charge in [-0.25, -0.2) is 4.39 Å². The Morgan fingerprint density at radius 1 is 1.30 bits per heavy atom. The van der Waals surface area contributed by atoms with Gasteiger partial charge in [0.05, 0.1) is 19.3 Å². The summed E-state index contributed by atoms with van der Waals surface area (Å²) in [6.07, 6.45) is -1.47. The monoisotopic (exact) mass is 301 g/mol. The molecule has 0 spiro atoms. The number of benzene rings is 1. The lowest BCUT2D eigenvalue weighted by molar-refractivity contribution is 0.0178. The number of nitrogens with one attached hydrogen (secondary N) is 1. The average Bonchev–Trinajstić information content (AvgIpc) is 2.93. The summed E-state index contributed by atoms with van der Waals surface area (Å²) in [4.78, 5) is 12.1. The van der Waals surface area contributed by atoms with Gasteiger partial charge in [-0.2, -0.15) is 0 Å². The van der Waals surface area contributed by atoms with Crippen molar-refractivity contribution in [3.8, 4) is 0 Å². The maximum atomic E-state index is 13.2. The number of hydrogen-bond acceptors (Lipinski definition) is 4. The quantitative estimate of drug-likeness (QED) is 0.845. The zero-order valence-electron chi connectivity index (χ0n) is 10.4. The average molecular weight is 302 g/mol. The van der Waals surface area contributed by atoms with Gasteiger partial charge in [0.1, 0.15) is 24.1 Å². The summed E-state index contributed by atoms with van der Waals surface area (Å²) in [6, 6.07) is 3.26. The maximum Gasteiger partial charge on any atom is 0.251 e. The molecule has 3 rings (SSSR count). The Kier molecular flexibility index (Phi) is 3.64. The zero-order chi connectivity index (χ0) is 14.3. The van der Waals surface area contributed by atoms with Gasteiger partial charge in [0.2, 0.25) is 0 Å². The molecule has 2 saturated heterocycles. The smallest absolute Gasteiger partial charge is 0.251 e. The summed E-state index contributed by atoms with van der Waals surface area (Å²) >= 11 is 5.72. The van der Waals surface area contributed by atoms with Crippen molar-refractivity contribution in [2.45, 2.75) is 24.4 Å². The lowest BCUT2D eigenvalue weighted by Crippen LogP contribution is -2.44. The molecule has 1 amide bonds. The second-order valence-corrected chi connectivity index (χ2v) is 5.34. The summed E-state index contributed by atoms with van der Waals surface area (Å²) < 4.78 is 24.0. The van der Waals surface area contributed by atoms with Crippen molar-refractivity contribution in [3.63, 3.8) is 0 Å². The molecule has 5 nitrogen and oxygen atoms in total. The van der Waals surface area contributed by atoms with Crippen LogP contribution in [0.1, 0.15) is 10.4 Å². The van der Waals surface area contributed by atoms with Gasteiger partial charge in [0.25, 0.3) is 5.91 Å². The molecule has 0 saturated carbocycles. The van der Waals surface area contributed by atoms with E-state index in [1.807, 2.05) is 0 Å². The standard InChI is InChI=1S/C13H13ClFNO4/c14-7-1-6(2-8(15)3-7)13(18)16-9-4-19-12-10(17)5-20-11(9)12/h1-3,9-12,17H,4-5H2,(H,16,18)/t9-,10-,11-,12-/m1/s1. The molecule has 2 heterocycles. The van der Waals surface area contributed by atoms with Crippen LogP contribution in [-0.2, 0) is 9.47 Å². The Labute approximate surface area is 119 Å². The van der Waals surface area contributed by atoms with E-state index in [1.165, 1.54) is 6.07 Å². The Hall–Kier alpha value is -1.21. The summed E-state index contributed by atoms with van der Waals surface area (Å²) in [5.74, 6) is -1.03. The van der Waals surface area contributed by atoms with Crippen molar-refractivity contribution in [2.24, 2.45) is 0 Å². The minimum Gasteiger partial charge on any atom is -0.388 e. The summed E-state index contributed by atoms with van der Waals surface area (Å²) in [5, 5.41) is 12.5. The molecule has 0 radical (unpaired) electrons. The minimum atomic E-state index is -0.675. The third-order valence-corrected chi connectivity index (χ3v) is 3.69. The number of halogens is 2. The van der Waals surface area contributed by atoms with Gasteiger partial charge in [-0.05, 0) is 18.2 Å². The topological polar surface area (TPSA) is 67.8 Å². The van der Waals surface area contributed by atoms with Gasteiger partial charge in [-0.1, -0.05) is 11.6 Å². The predicted molar refractivity (Wildman–Crippen MR) is 68.2 cm³/mol. The van der Waals surface area contributed by atoms with Gasteiger partial charge < -0.3 is 19.9 Å². The van der Waals surface area contributed by atoms with E-state index in [4.69, 9.17) is 21.1 Å². The van der Waals surface area contributed by atoms with Gasteiger partial charge in [0.15, 0.2) is 0 Å². The Morgan fingerprint density at radius 3 is 2.80 bits per heavy atom. The lowest BCUT2D eigenvalue weighted by atomic mass is 10.1. The van der Waals surface area contributed by atoms with Crippen molar-refractivity contribution in [2.75, 3.05) is 13.2 Å². The molecule has 108 valence electrons. The number of carbonyl (C=O) groups excluding carboxylic acids is 1. The van der Waals surface area contributed by atoms with E-state index in [0.29, 0.717) is 0 Å². The minimum absolute atomic E-state index is 0.136. The Morgan fingerprint density at radius 2 is 2.05 bits per heavy atom. The fourth-order valence-electron chi connectivity index (χ4n) is 2.54. The second kappa shape index (κ2) is 5.29. The van der Waals surface area contributed by atoms with Gasteiger partial charge >= 0.3 is 0 Å². The molecule has 7 heteroatoms. The molecule has 4 atom stereocenters. The van der Waals surface area contributed by atoms with Crippen LogP contribution in [0.3, 0.4) is 0 Å². The molecule has 1 aromatic rings. The van der Waals surface area contributed by atoms with E-state index in [-0.39, 0.29) is 35.9 Å². The van der Waals surface area contributed by atoms with Crippen LogP contribution in [0, 0.1) is 5.82 Å². The number of carbonyl (C=O) groups is 1. The number of fused-ring (bicyclic) bond motifs is 1. The van der Waals surface area contributed by atoms with Crippen molar-refractivity contribution in [1.82, 2.24) is 5.32 Å². The fourth-order valence-corrected chi connectivity index (χ4v) is 2.76. The highest BCUT2D eigenvalue weighted by molar-refractivity contribution is 6.31. The summed E-state index contributed by atoms with van der Waals surface area (Å²) in [5.41, 5.74) is 0.136. The summed E-state index contributed by atoms with van der Waals surface area (Å²) in [6.45, 7) is 0.439. The van der Waals surface area contributed by atoms with Crippen LogP contribution in [-0.4, -0.2) is 48.6 Å². The molecule has 0 aliphatic carbocycles. The fraction of sp³-hybridized carbons (Fsp3) is 0.462. The van der Waals surface area contributed by atoms with E-state index in [9.17, 15) is 14.3 Å². The molecule has 2 N–H and O–H groups in total. The predicted octanol–water partition coefficient (Wildman–Crippen LogP) is 0.736. The maximum absolute atomic E-state index is 13.2. The van der Waals surface area contributed by atoms with Crippen LogP contribution < -0.4 is 5.32 Å². The molecular weight excluding hydrogens is 289 g/mol. The number of amides is 1. The Bertz CT molecular complexity index is 521. The number of aliphatic hydroxyl groups is 1. The van der Waals surface area contributed by atoms with Crippen molar-refractivity contribution in [3.05, 3.63) is 34.6 Å². The van der Waals surface area contributed by atoms with Crippen molar-refractivity contribution < 1.29 is 23.8 Å². The number of rotatable bonds is 2. The first-order valence-corrected chi connectivity index (χ1v) is 6.60. The highest BCUT2D eigenvalue weighted by Crippen LogP contribution is 2.27. The van der Waals surface area contributed by atoms with E-state index in [1.54, 1.807) is 0 Å². The number of aliphatic hydroxyl groups excluding tert-OH is 1. The second-order valence-electron chi connectivity index (χ2n) is 4.90.